The molecule has 3 heteroatoms. The number of hydrogen-bond acceptors (Lipinski definition) is 3. The molecule has 118 valence electrons. The Morgan fingerprint density at radius 2 is 1.55 bits per heavy atom. The van der Waals surface area contributed by atoms with E-state index in [4.69, 9.17) is 9.84 Å². The third kappa shape index (κ3) is 5.17. The summed E-state index contributed by atoms with van der Waals surface area (Å²) in [5.41, 5.74) is 3.57. The fourth-order valence-corrected chi connectivity index (χ4v) is 2.46. The van der Waals surface area contributed by atoms with Crippen LogP contribution in [0.15, 0.2) is 48.5 Å². The molecule has 2 aromatic carbocycles. The van der Waals surface area contributed by atoms with Crippen LogP contribution in [0.3, 0.4) is 0 Å². The van der Waals surface area contributed by atoms with Gasteiger partial charge in [0.05, 0.1) is 13.7 Å². The molecular weight excluding hydrogens is 274 g/mol. The Morgan fingerprint density at radius 3 is 2.14 bits per heavy atom. The van der Waals surface area contributed by atoms with Crippen LogP contribution >= 0.6 is 0 Å². The number of methoxy groups -OCH3 is 1. The lowest BCUT2D eigenvalue weighted by Gasteiger charge is -2.14. The van der Waals surface area contributed by atoms with Gasteiger partial charge in [0.2, 0.25) is 0 Å². The molecule has 0 spiro atoms. The average molecular weight is 299 g/mol. The average Bonchev–Trinajstić information content (AvgIpc) is 2.56. The highest BCUT2D eigenvalue weighted by Crippen LogP contribution is 2.12. The normalized spacial score (nSPS) is 12.1. The Balaban J connectivity index is 1.73. The molecule has 2 rings (SSSR count). The summed E-state index contributed by atoms with van der Waals surface area (Å²) < 4.78 is 5.17. The Morgan fingerprint density at radius 1 is 0.955 bits per heavy atom. The van der Waals surface area contributed by atoms with Gasteiger partial charge in [-0.15, -0.1) is 0 Å². The molecule has 0 radical (unpaired) electrons. The molecule has 0 aliphatic heterocycles. The van der Waals surface area contributed by atoms with Gasteiger partial charge in [-0.05, 0) is 55.1 Å². The van der Waals surface area contributed by atoms with Crippen molar-refractivity contribution in [2.75, 3.05) is 13.7 Å². The Kier molecular flexibility index (Phi) is 6.44. The van der Waals surface area contributed by atoms with Crippen LogP contribution in [0, 0.1) is 0 Å². The first kappa shape index (κ1) is 16.5. The summed E-state index contributed by atoms with van der Waals surface area (Å²) in [6, 6.07) is 16.8. The maximum atomic E-state index is 9.03. The molecule has 0 saturated heterocycles. The van der Waals surface area contributed by atoms with Crippen LogP contribution in [-0.4, -0.2) is 24.8 Å². The van der Waals surface area contributed by atoms with Crippen LogP contribution in [0.4, 0.5) is 0 Å². The van der Waals surface area contributed by atoms with E-state index in [-0.39, 0.29) is 6.61 Å². The summed E-state index contributed by atoms with van der Waals surface area (Å²) >= 11 is 0. The molecule has 0 heterocycles. The molecular formula is C19H25NO2. The Bertz CT molecular complexity index is 549. The molecule has 0 amide bonds. The Hall–Kier alpha value is -1.84. The minimum absolute atomic E-state index is 0.109. The lowest BCUT2D eigenvalue weighted by Crippen LogP contribution is -2.29. The van der Waals surface area contributed by atoms with Crippen LogP contribution in [0.2, 0.25) is 0 Å². The molecule has 3 nitrogen and oxygen atoms in total. The monoisotopic (exact) mass is 299 g/mol. The van der Waals surface area contributed by atoms with E-state index in [1.165, 1.54) is 11.1 Å². The summed E-state index contributed by atoms with van der Waals surface area (Å²) in [6.45, 7) is 3.27. The van der Waals surface area contributed by atoms with Gasteiger partial charge < -0.3 is 15.2 Å². The fraction of sp³-hybridized carbons (Fsp3) is 0.368. The summed E-state index contributed by atoms with van der Waals surface area (Å²) in [5, 5.41) is 12.6. The van der Waals surface area contributed by atoms with Gasteiger partial charge in [0, 0.05) is 6.04 Å². The molecule has 2 aromatic rings. The van der Waals surface area contributed by atoms with Crippen molar-refractivity contribution in [2.45, 2.75) is 32.4 Å². The predicted octanol–water partition coefficient (Wildman–Crippen LogP) is 2.95. The van der Waals surface area contributed by atoms with E-state index in [0.717, 1.165) is 30.7 Å². The van der Waals surface area contributed by atoms with E-state index in [1.807, 2.05) is 24.3 Å². The van der Waals surface area contributed by atoms with Crippen LogP contribution in [0.5, 0.6) is 5.75 Å². The van der Waals surface area contributed by atoms with E-state index in [1.54, 1.807) is 7.11 Å². The maximum Gasteiger partial charge on any atom is 0.118 e. The van der Waals surface area contributed by atoms with E-state index >= 15 is 0 Å². The van der Waals surface area contributed by atoms with Crippen molar-refractivity contribution in [3.63, 3.8) is 0 Å². The van der Waals surface area contributed by atoms with E-state index < -0.39 is 0 Å². The smallest absolute Gasteiger partial charge is 0.118 e. The summed E-state index contributed by atoms with van der Waals surface area (Å²) in [7, 11) is 1.69. The Labute approximate surface area is 133 Å². The number of rotatable bonds is 8. The maximum absolute atomic E-state index is 9.03. The minimum atomic E-state index is 0.109. The molecule has 1 atom stereocenters. The van der Waals surface area contributed by atoms with Crippen LogP contribution in [0.1, 0.15) is 23.6 Å². The summed E-state index contributed by atoms with van der Waals surface area (Å²) in [4.78, 5) is 0. The van der Waals surface area contributed by atoms with Gasteiger partial charge in [0.25, 0.3) is 0 Å². The van der Waals surface area contributed by atoms with Crippen molar-refractivity contribution in [1.82, 2.24) is 5.32 Å². The number of ether oxygens (including phenoxy) is 1. The summed E-state index contributed by atoms with van der Waals surface area (Å²) in [5.74, 6) is 0.899. The molecule has 22 heavy (non-hydrogen) atoms. The van der Waals surface area contributed by atoms with Crippen molar-refractivity contribution >= 4 is 0 Å². The van der Waals surface area contributed by atoms with Gasteiger partial charge in [-0.25, -0.2) is 0 Å². The molecule has 2 N–H and O–H groups in total. The van der Waals surface area contributed by atoms with Gasteiger partial charge in [-0.2, -0.15) is 0 Å². The fourth-order valence-electron chi connectivity index (χ4n) is 2.46. The van der Waals surface area contributed by atoms with Crippen molar-refractivity contribution in [2.24, 2.45) is 0 Å². The van der Waals surface area contributed by atoms with Gasteiger partial charge in [0.1, 0.15) is 5.75 Å². The van der Waals surface area contributed by atoms with Gasteiger partial charge >= 0.3 is 0 Å². The molecule has 0 saturated carbocycles. The zero-order valence-corrected chi connectivity index (χ0v) is 13.4. The van der Waals surface area contributed by atoms with Crippen LogP contribution in [0.25, 0.3) is 0 Å². The first-order valence-corrected chi connectivity index (χ1v) is 7.76. The lowest BCUT2D eigenvalue weighted by molar-refractivity contribution is 0.282. The second kappa shape index (κ2) is 8.57. The zero-order valence-electron chi connectivity index (χ0n) is 13.4. The van der Waals surface area contributed by atoms with Crippen molar-refractivity contribution in [3.8, 4) is 5.75 Å². The lowest BCUT2D eigenvalue weighted by atomic mass is 10.1. The third-order valence-corrected chi connectivity index (χ3v) is 3.81. The van der Waals surface area contributed by atoms with Gasteiger partial charge in [-0.1, -0.05) is 36.4 Å². The molecule has 0 aliphatic rings. The van der Waals surface area contributed by atoms with Crippen LogP contribution < -0.4 is 10.1 Å². The second-order valence-corrected chi connectivity index (χ2v) is 5.63. The number of nitrogens with one attached hydrogen (secondary N) is 1. The third-order valence-electron chi connectivity index (χ3n) is 3.81. The first-order chi connectivity index (χ1) is 10.7. The van der Waals surface area contributed by atoms with Gasteiger partial charge in [-0.3, -0.25) is 0 Å². The minimum Gasteiger partial charge on any atom is -0.497 e. The topological polar surface area (TPSA) is 41.5 Å². The SMILES string of the molecule is COc1ccc(CC(C)NCCc2ccc(CO)cc2)cc1. The van der Waals surface area contributed by atoms with E-state index in [2.05, 4.69) is 36.5 Å². The van der Waals surface area contributed by atoms with Crippen molar-refractivity contribution < 1.29 is 9.84 Å². The highest BCUT2D eigenvalue weighted by molar-refractivity contribution is 5.27. The van der Waals surface area contributed by atoms with Gasteiger partial charge in [0.15, 0.2) is 0 Å². The van der Waals surface area contributed by atoms with E-state index in [9.17, 15) is 0 Å². The zero-order chi connectivity index (χ0) is 15.8. The van der Waals surface area contributed by atoms with Crippen molar-refractivity contribution in [1.29, 1.82) is 0 Å². The second-order valence-electron chi connectivity index (χ2n) is 5.63. The number of hydrogen-bond donors (Lipinski definition) is 2. The highest BCUT2D eigenvalue weighted by atomic mass is 16.5. The van der Waals surface area contributed by atoms with Crippen molar-refractivity contribution in [3.05, 3.63) is 65.2 Å². The predicted molar refractivity (Wildman–Crippen MR) is 90.2 cm³/mol. The molecule has 1 unspecified atom stereocenters. The van der Waals surface area contributed by atoms with E-state index in [0.29, 0.717) is 6.04 Å². The largest absolute Gasteiger partial charge is 0.497 e. The molecule has 0 fully saturated rings. The molecule has 0 bridgehead atoms. The molecule has 0 aliphatic carbocycles. The number of aliphatic hydroxyl groups is 1. The van der Waals surface area contributed by atoms with Crippen LogP contribution in [-0.2, 0) is 19.4 Å². The molecule has 0 aromatic heterocycles. The standard InChI is InChI=1S/C19H25NO2/c1-15(13-17-7-9-19(22-2)10-8-17)20-12-11-16-3-5-18(14-21)6-4-16/h3-10,15,20-21H,11-14H2,1-2H3. The highest BCUT2D eigenvalue weighted by Gasteiger charge is 2.03. The number of benzene rings is 2. The number of aliphatic hydroxyl groups excluding tert-OH is 1. The first-order valence-electron chi connectivity index (χ1n) is 7.76. The quantitative estimate of drug-likeness (QED) is 0.787. The summed E-state index contributed by atoms with van der Waals surface area (Å²) in [6.07, 6.45) is 2.01.